The maximum absolute atomic E-state index is 12.6. The Morgan fingerprint density at radius 1 is 1.15 bits per heavy atom. The maximum atomic E-state index is 12.6. The van der Waals surface area contributed by atoms with Gasteiger partial charge in [0.15, 0.2) is 0 Å². The van der Waals surface area contributed by atoms with E-state index in [-0.39, 0.29) is 22.4 Å². The zero-order chi connectivity index (χ0) is 14.9. The zero-order valence-electron chi connectivity index (χ0n) is 9.58. The second kappa shape index (κ2) is 5.38. The monoisotopic (exact) mass is 323 g/mol. The number of phenolic OH excluding ortho intramolecular Hbond substituents is 1. The van der Waals surface area contributed by atoms with E-state index in [2.05, 4.69) is 4.98 Å². The average molecular weight is 324 g/mol. The molecule has 0 fully saturated rings. The molecule has 0 aliphatic carbocycles. The topological polar surface area (TPSA) is 42.4 Å². The van der Waals surface area contributed by atoms with Crippen LogP contribution in [0.2, 0.25) is 10.2 Å². The molecule has 0 saturated carbocycles. The maximum Gasteiger partial charge on any atom is 0.419 e. The van der Waals surface area contributed by atoms with Gasteiger partial charge < -0.3 is 9.84 Å². The molecule has 1 N–H and O–H groups in total. The van der Waals surface area contributed by atoms with E-state index in [9.17, 15) is 18.3 Å². The smallest absolute Gasteiger partial charge is 0.419 e. The minimum absolute atomic E-state index is 0.0726. The van der Waals surface area contributed by atoms with Gasteiger partial charge in [0.05, 0.1) is 5.56 Å². The molecule has 0 spiro atoms. The molecule has 0 amide bonds. The lowest BCUT2D eigenvalue weighted by atomic mass is 10.3. The lowest BCUT2D eigenvalue weighted by Crippen LogP contribution is -2.07. The summed E-state index contributed by atoms with van der Waals surface area (Å²) in [6.45, 7) is 0. The molecule has 2 aromatic rings. The molecule has 0 bridgehead atoms. The predicted molar refractivity (Wildman–Crippen MR) is 67.4 cm³/mol. The highest BCUT2D eigenvalue weighted by Crippen LogP contribution is 2.39. The van der Waals surface area contributed by atoms with Crippen molar-refractivity contribution in [2.75, 3.05) is 0 Å². The number of ether oxygens (including phenoxy) is 1. The van der Waals surface area contributed by atoms with Gasteiger partial charge in [0.2, 0.25) is 5.88 Å². The molecule has 0 atom stereocenters. The SMILES string of the molecule is Oc1cccc(Oc2nc(Cl)c(C(F)(F)F)cc2Cl)c1. The van der Waals surface area contributed by atoms with Crippen LogP contribution in [0.3, 0.4) is 0 Å². The summed E-state index contributed by atoms with van der Waals surface area (Å²) in [7, 11) is 0. The number of hydrogen-bond donors (Lipinski definition) is 1. The molecule has 0 unspecified atom stereocenters. The third-order valence-corrected chi connectivity index (χ3v) is 2.79. The van der Waals surface area contributed by atoms with Gasteiger partial charge in [-0.3, -0.25) is 0 Å². The molecule has 8 heteroatoms. The number of pyridine rings is 1. The predicted octanol–water partition coefficient (Wildman–Crippen LogP) is 4.91. The van der Waals surface area contributed by atoms with Crippen LogP contribution in [0.4, 0.5) is 13.2 Å². The minimum Gasteiger partial charge on any atom is -0.508 e. The third kappa shape index (κ3) is 3.26. The summed E-state index contributed by atoms with van der Waals surface area (Å²) in [5.74, 6) is -0.192. The van der Waals surface area contributed by atoms with Crippen LogP contribution in [0.5, 0.6) is 17.4 Å². The first-order chi connectivity index (χ1) is 9.27. The number of hydrogen-bond acceptors (Lipinski definition) is 3. The number of nitrogens with zero attached hydrogens (tertiary/aromatic N) is 1. The number of benzene rings is 1. The van der Waals surface area contributed by atoms with Crippen LogP contribution in [0.15, 0.2) is 30.3 Å². The average Bonchev–Trinajstić information content (AvgIpc) is 2.32. The molecule has 1 heterocycles. The number of alkyl halides is 3. The van der Waals surface area contributed by atoms with E-state index in [1.165, 1.54) is 24.3 Å². The molecule has 0 radical (unpaired) electrons. The molecule has 1 aromatic carbocycles. The first kappa shape index (κ1) is 14.7. The van der Waals surface area contributed by atoms with Crippen LogP contribution in [0, 0.1) is 0 Å². The van der Waals surface area contributed by atoms with Crippen LogP contribution >= 0.6 is 23.2 Å². The van der Waals surface area contributed by atoms with Gasteiger partial charge in [-0.25, -0.2) is 0 Å². The van der Waals surface area contributed by atoms with Crippen molar-refractivity contribution >= 4 is 23.2 Å². The van der Waals surface area contributed by atoms with Gasteiger partial charge in [0.1, 0.15) is 21.7 Å². The fourth-order valence-electron chi connectivity index (χ4n) is 1.38. The highest BCUT2D eigenvalue weighted by molar-refractivity contribution is 6.33. The lowest BCUT2D eigenvalue weighted by Gasteiger charge is -2.12. The molecule has 2 rings (SSSR count). The Labute approximate surface area is 121 Å². The number of halogens is 5. The summed E-state index contributed by atoms with van der Waals surface area (Å²) in [4.78, 5) is 3.47. The summed E-state index contributed by atoms with van der Waals surface area (Å²) in [5, 5.41) is 8.15. The summed E-state index contributed by atoms with van der Waals surface area (Å²) in [6.07, 6.45) is -4.66. The van der Waals surface area contributed by atoms with Crippen molar-refractivity contribution in [3.63, 3.8) is 0 Å². The number of rotatable bonds is 2. The van der Waals surface area contributed by atoms with Crippen LogP contribution in [-0.2, 0) is 6.18 Å². The summed E-state index contributed by atoms with van der Waals surface area (Å²) < 4.78 is 42.9. The quantitative estimate of drug-likeness (QED) is 0.799. The van der Waals surface area contributed by atoms with Crippen molar-refractivity contribution in [3.8, 4) is 17.4 Å². The van der Waals surface area contributed by atoms with E-state index in [4.69, 9.17) is 27.9 Å². The number of aromatic hydroxyl groups is 1. The fourth-order valence-corrected chi connectivity index (χ4v) is 1.81. The van der Waals surface area contributed by atoms with Crippen LogP contribution in [0.25, 0.3) is 0 Å². The molecule has 20 heavy (non-hydrogen) atoms. The molecule has 3 nitrogen and oxygen atoms in total. The van der Waals surface area contributed by atoms with Crippen LogP contribution in [0.1, 0.15) is 5.56 Å². The van der Waals surface area contributed by atoms with Crippen molar-refractivity contribution in [1.82, 2.24) is 4.98 Å². The number of phenols is 1. The van der Waals surface area contributed by atoms with Crippen LogP contribution in [-0.4, -0.2) is 10.1 Å². The van der Waals surface area contributed by atoms with Crippen molar-refractivity contribution < 1.29 is 23.0 Å². The molecule has 0 aliphatic rings. The second-order valence-electron chi connectivity index (χ2n) is 3.71. The third-order valence-electron chi connectivity index (χ3n) is 2.23. The lowest BCUT2D eigenvalue weighted by molar-refractivity contribution is -0.137. The Hall–Kier alpha value is -1.66. The van der Waals surface area contributed by atoms with Gasteiger partial charge in [0.25, 0.3) is 0 Å². The Morgan fingerprint density at radius 3 is 2.45 bits per heavy atom. The van der Waals surface area contributed by atoms with Gasteiger partial charge in [-0.15, -0.1) is 0 Å². The van der Waals surface area contributed by atoms with Gasteiger partial charge in [-0.2, -0.15) is 18.2 Å². The summed E-state index contributed by atoms with van der Waals surface area (Å²) in [5.41, 5.74) is -1.15. The molecular formula is C12H6Cl2F3NO2. The largest absolute Gasteiger partial charge is 0.508 e. The van der Waals surface area contributed by atoms with Crippen molar-refractivity contribution in [2.24, 2.45) is 0 Å². The minimum atomic E-state index is -4.66. The second-order valence-corrected chi connectivity index (χ2v) is 4.48. The van der Waals surface area contributed by atoms with E-state index >= 15 is 0 Å². The zero-order valence-corrected chi connectivity index (χ0v) is 11.1. The van der Waals surface area contributed by atoms with E-state index in [0.29, 0.717) is 6.07 Å². The van der Waals surface area contributed by atoms with Gasteiger partial charge in [-0.1, -0.05) is 29.3 Å². The molecule has 106 valence electrons. The van der Waals surface area contributed by atoms with Gasteiger partial charge in [0, 0.05) is 6.07 Å². The Bertz CT molecular complexity index is 647. The van der Waals surface area contributed by atoms with E-state index < -0.39 is 16.9 Å². The standard InChI is InChI=1S/C12H6Cl2F3NO2/c13-9-5-8(12(15,16)17)10(14)18-11(9)20-7-3-1-2-6(19)4-7/h1-5,19H. The highest BCUT2D eigenvalue weighted by atomic mass is 35.5. The Balaban J connectivity index is 2.37. The summed E-state index contributed by atoms with van der Waals surface area (Å²) in [6, 6.07) is 6.26. The van der Waals surface area contributed by atoms with Gasteiger partial charge in [-0.05, 0) is 18.2 Å². The molecule has 1 aromatic heterocycles. The summed E-state index contributed by atoms with van der Waals surface area (Å²) >= 11 is 11.2. The highest BCUT2D eigenvalue weighted by Gasteiger charge is 2.35. The number of aromatic nitrogens is 1. The first-order valence-electron chi connectivity index (χ1n) is 5.17. The van der Waals surface area contributed by atoms with Crippen molar-refractivity contribution in [1.29, 1.82) is 0 Å². The van der Waals surface area contributed by atoms with Crippen molar-refractivity contribution in [3.05, 3.63) is 46.1 Å². The fraction of sp³-hybridized carbons (Fsp3) is 0.0833. The molecular weight excluding hydrogens is 318 g/mol. The Kier molecular flexibility index (Phi) is 3.96. The van der Waals surface area contributed by atoms with Crippen molar-refractivity contribution in [2.45, 2.75) is 6.18 Å². The van der Waals surface area contributed by atoms with Crippen LogP contribution < -0.4 is 4.74 Å². The van der Waals surface area contributed by atoms with Gasteiger partial charge >= 0.3 is 6.18 Å². The molecule has 0 aliphatic heterocycles. The normalized spacial score (nSPS) is 11.4. The molecule has 0 saturated heterocycles. The van der Waals surface area contributed by atoms with E-state index in [0.717, 1.165) is 0 Å². The first-order valence-corrected chi connectivity index (χ1v) is 5.93. The van der Waals surface area contributed by atoms with E-state index in [1.807, 2.05) is 0 Å². The van der Waals surface area contributed by atoms with E-state index in [1.54, 1.807) is 0 Å². The Morgan fingerprint density at radius 2 is 1.85 bits per heavy atom.